The van der Waals surface area contributed by atoms with Gasteiger partial charge < -0.3 is 9.67 Å². The molecule has 1 aromatic heterocycles. The first-order valence-electron chi connectivity index (χ1n) is 5.99. The Morgan fingerprint density at radius 2 is 2.11 bits per heavy atom. The number of carboxylic acid groups (broad SMARTS) is 1. The predicted octanol–water partition coefficient (Wildman–Crippen LogP) is 2.61. The van der Waals surface area contributed by atoms with Crippen molar-refractivity contribution >= 4 is 28.5 Å². The zero-order valence-corrected chi connectivity index (χ0v) is 11.5. The zero-order valence-electron chi connectivity index (χ0n) is 10.7. The summed E-state index contributed by atoms with van der Waals surface area (Å²) >= 11 is 5.92. The second kappa shape index (κ2) is 5.05. The molecule has 1 aromatic carbocycles. The van der Waals surface area contributed by atoms with E-state index in [1.807, 2.05) is 11.5 Å². The fourth-order valence-electron chi connectivity index (χ4n) is 2.36. The van der Waals surface area contributed by atoms with Crippen LogP contribution in [-0.2, 0) is 17.8 Å². The molecule has 2 aromatic rings. The van der Waals surface area contributed by atoms with Crippen molar-refractivity contribution in [1.82, 2.24) is 4.57 Å². The standard InChI is InChI=1S/C14H14ClNO3/c1-3-16-8(2)10(7-13(17)18)14(19)11-6-9(15)4-5-12(11)16/h4-6H,3,7H2,1-2H3,(H,17,18). The van der Waals surface area contributed by atoms with Gasteiger partial charge in [-0.15, -0.1) is 0 Å². The first-order chi connectivity index (χ1) is 8.95. The Bertz CT molecular complexity index is 719. The summed E-state index contributed by atoms with van der Waals surface area (Å²) in [7, 11) is 0. The van der Waals surface area contributed by atoms with Gasteiger partial charge in [0.1, 0.15) is 0 Å². The highest BCUT2D eigenvalue weighted by molar-refractivity contribution is 6.31. The van der Waals surface area contributed by atoms with Crippen LogP contribution in [0.25, 0.3) is 10.9 Å². The Balaban J connectivity index is 2.90. The van der Waals surface area contributed by atoms with E-state index in [-0.39, 0.29) is 11.8 Å². The normalized spacial score (nSPS) is 10.9. The molecule has 1 N–H and O–H groups in total. The zero-order chi connectivity index (χ0) is 14.2. The highest BCUT2D eigenvalue weighted by Gasteiger charge is 2.15. The first-order valence-corrected chi connectivity index (χ1v) is 6.36. The molecule has 4 nitrogen and oxygen atoms in total. The third-order valence-corrected chi connectivity index (χ3v) is 3.49. The summed E-state index contributed by atoms with van der Waals surface area (Å²) in [4.78, 5) is 23.3. The lowest BCUT2D eigenvalue weighted by molar-refractivity contribution is -0.136. The number of carbonyl (C=O) groups is 1. The fraction of sp³-hybridized carbons (Fsp3) is 0.286. The number of halogens is 1. The van der Waals surface area contributed by atoms with E-state index in [2.05, 4.69) is 0 Å². The minimum atomic E-state index is -1.01. The predicted molar refractivity (Wildman–Crippen MR) is 75.0 cm³/mol. The summed E-state index contributed by atoms with van der Waals surface area (Å²) in [6.45, 7) is 4.39. The Labute approximate surface area is 115 Å². The van der Waals surface area contributed by atoms with E-state index < -0.39 is 5.97 Å². The number of benzene rings is 1. The Hall–Kier alpha value is -1.81. The van der Waals surface area contributed by atoms with Gasteiger partial charge in [-0.25, -0.2) is 0 Å². The molecule has 0 fully saturated rings. The van der Waals surface area contributed by atoms with Crippen LogP contribution in [0.5, 0.6) is 0 Å². The fourth-order valence-corrected chi connectivity index (χ4v) is 2.53. The van der Waals surface area contributed by atoms with Crippen molar-refractivity contribution < 1.29 is 9.90 Å². The van der Waals surface area contributed by atoms with Gasteiger partial charge in [0, 0.05) is 28.2 Å². The minimum absolute atomic E-state index is 0.248. The van der Waals surface area contributed by atoms with Crippen LogP contribution in [0.3, 0.4) is 0 Å². The molecule has 100 valence electrons. The first kappa shape index (κ1) is 13.6. The molecule has 0 spiro atoms. The molecule has 0 aliphatic rings. The number of nitrogens with zero attached hydrogens (tertiary/aromatic N) is 1. The average Bonchev–Trinajstić information content (AvgIpc) is 2.36. The van der Waals surface area contributed by atoms with Crippen molar-refractivity contribution in [3.8, 4) is 0 Å². The van der Waals surface area contributed by atoms with Gasteiger partial charge in [0.05, 0.1) is 11.9 Å². The second-order valence-corrected chi connectivity index (χ2v) is 4.81. The molecule has 0 unspecified atom stereocenters. The number of pyridine rings is 1. The van der Waals surface area contributed by atoms with Crippen LogP contribution in [0, 0.1) is 6.92 Å². The summed E-state index contributed by atoms with van der Waals surface area (Å²) in [6.07, 6.45) is -0.271. The van der Waals surface area contributed by atoms with Gasteiger partial charge in [-0.2, -0.15) is 0 Å². The monoisotopic (exact) mass is 279 g/mol. The largest absolute Gasteiger partial charge is 0.481 e. The minimum Gasteiger partial charge on any atom is -0.481 e. The molecule has 0 amide bonds. The number of hydrogen-bond donors (Lipinski definition) is 1. The van der Waals surface area contributed by atoms with Crippen LogP contribution in [-0.4, -0.2) is 15.6 Å². The SMILES string of the molecule is CCn1c(C)c(CC(=O)O)c(=O)c2cc(Cl)ccc21. The highest BCUT2D eigenvalue weighted by atomic mass is 35.5. The molecule has 0 saturated heterocycles. The lowest BCUT2D eigenvalue weighted by Crippen LogP contribution is -2.21. The molecule has 0 radical (unpaired) electrons. The number of aryl methyl sites for hydroxylation is 1. The third kappa shape index (κ3) is 2.36. The van der Waals surface area contributed by atoms with E-state index in [1.54, 1.807) is 25.1 Å². The van der Waals surface area contributed by atoms with E-state index in [0.717, 1.165) is 5.52 Å². The summed E-state index contributed by atoms with van der Waals surface area (Å²) in [5.74, 6) is -1.01. The number of carboxylic acids is 1. The molecule has 0 saturated carbocycles. The number of aliphatic carboxylic acids is 1. The van der Waals surface area contributed by atoms with Crippen molar-refractivity contribution in [1.29, 1.82) is 0 Å². The average molecular weight is 280 g/mol. The van der Waals surface area contributed by atoms with Crippen LogP contribution >= 0.6 is 11.6 Å². The van der Waals surface area contributed by atoms with Gasteiger partial charge in [-0.05, 0) is 32.0 Å². The van der Waals surface area contributed by atoms with Crippen LogP contribution in [0.2, 0.25) is 5.02 Å². The van der Waals surface area contributed by atoms with Crippen molar-refractivity contribution in [2.75, 3.05) is 0 Å². The molecule has 19 heavy (non-hydrogen) atoms. The van der Waals surface area contributed by atoms with Gasteiger partial charge in [-0.3, -0.25) is 9.59 Å². The van der Waals surface area contributed by atoms with Crippen molar-refractivity contribution in [3.63, 3.8) is 0 Å². The Kier molecular flexibility index (Phi) is 3.62. The quantitative estimate of drug-likeness (QED) is 0.939. The van der Waals surface area contributed by atoms with Gasteiger partial charge in [-0.1, -0.05) is 11.6 Å². The van der Waals surface area contributed by atoms with Crippen molar-refractivity contribution in [2.45, 2.75) is 26.8 Å². The Morgan fingerprint density at radius 1 is 1.42 bits per heavy atom. The van der Waals surface area contributed by atoms with Gasteiger partial charge in [0.15, 0.2) is 5.43 Å². The second-order valence-electron chi connectivity index (χ2n) is 4.37. The Morgan fingerprint density at radius 3 is 2.68 bits per heavy atom. The molecule has 0 bridgehead atoms. The van der Waals surface area contributed by atoms with E-state index in [9.17, 15) is 9.59 Å². The maximum Gasteiger partial charge on any atom is 0.308 e. The molecule has 0 aliphatic carbocycles. The number of aromatic nitrogens is 1. The van der Waals surface area contributed by atoms with E-state index in [4.69, 9.17) is 16.7 Å². The van der Waals surface area contributed by atoms with E-state index in [1.165, 1.54) is 0 Å². The smallest absolute Gasteiger partial charge is 0.308 e. The van der Waals surface area contributed by atoms with Crippen LogP contribution < -0.4 is 5.43 Å². The van der Waals surface area contributed by atoms with Gasteiger partial charge in [0.25, 0.3) is 0 Å². The number of fused-ring (bicyclic) bond motifs is 1. The van der Waals surface area contributed by atoms with Crippen molar-refractivity contribution in [3.05, 3.63) is 44.7 Å². The van der Waals surface area contributed by atoms with Crippen LogP contribution in [0.1, 0.15) is 18.2 Å². The van der Waals surface area contributed by atoms with E-state index in [0.29, 0.717) is 28.2 Å². The maximum atomic E-state index is 12.4. The third-order valence-electron chi connectivity index (χ3n) is 3.25. The molecular formula is C14H14ClNO3. The lowest BCUT2D eigenvalue weighted by atomic mass is 10.0. The summed E-state index contributed by atoms with van der Waals surface area (Å²) in [6, 6.07) is 5.11. The number of rotatable bonds is 3. The molecule has 1 heterocycles. The van der Waals surface area contributed by atoms with Crippen LogP contribution in [0.4, 0.5) is 0 Å². The topological polar surface area (TPSA) is 59.3 Å². The highest BCUT2D eigenvalue weighted by Crippen LogP contribution is 2.20. The molecule has 0 aliphatic heterocycles. The lowest BCUT2D eigenvalue weighted by Gasteiger charge is -2.16. The molecule has 5 heteroatoms. The summed E-state index contributed by atoms with van der Waals surface area (Å²) in [5.41, 5.74) is 1.56. The maximum absolute atomic E-state index is 12.4. The van der Waals surface area contributed by atoms with Crippen LogP contribution in [0.15, 0.2) is 23.0 Å². The molecule has 2 rings (SSSR count). The number of hydrogen-bond acceptors (Lipinski definition) is 2. The van der Waals surface area contributed by atoms with Crippen molar-refractivity contribution in [2.24, 2.45) is 0 Å². The molecule has 0 atom stereocenters. The summed E-state index contributed by atoms with van der Waals surface area (Å²) < 4.78 is 1.94. The van der Waals surface area contributed by atoms with E-state index >= 15 is 0 Å². The van der Waals surface area contributed by atoms with Gasteiger partial charge in [0.2, 0.25) is 0 Å². The molecular weight excluding hydrogens is 266 g/mol. The van der Waals surface area contributed by atoms with Gasteiger partial charge >= 0.3 is 5.97 Å². The summed E-state index contributed by atoms with van der Waals surface area (Å²) in [5, 5.41) is 9.87.